The third kappa shape index (κ3) is 3.80. The number of rotatable bonds is 5. The molecule has 2 aromatic rings. The number of ether oxygens (including phenoxy) is 1. The van der Waals surface area contributed by atoms with Gasteiger partial charge in [0.2, 0.25) is 5.91 Å². The fraction of sp³-hybridized carbons (Fsp3) is 0.400. The minimum atomic E-state index is -0.171. The van der Waals surface area contributed by atoms with E-state index >= 15 is 0 Å². The highest BCUT2D eigenvalue weighted by Crippen LogP contribution is 2.25. The molecule has 0 spiro atoms. The highest BCUT2D eigenvalue weighted by atomic mass is 35.5. The zero-order valence-electron chi connectivity index (χ0n) is 12.7. The van der Waals surface area contributed by atoms with Gasteiger partial charge >= 0.3 is 0 Å². The summed E-state index contributed by atoms with van der Waals surface area (Å²) in [6.07, 6.45) is 1.81. The smallest absolute Gasteiger partial charge is 0.241 e. The first-order valence-corrected chi connectivity index (χ1v) is 8.48. The normalized spacial score (nSPS) is 18.1. The Balaban J connectivity index is 1.64. The summed E-state index contributed by atoms with van der Waals surface area (Å²) in [5, 5.41) is 6.98. The molecule has 1 aliphatic rings. The lowest BCUT2D eigenvalue weighted by molar-refractivity contribution is -0.120. The van der Waals surface area contributed by atoms with Crippen LogP contribution < -0.4 is 10.1 Å². The van der Waals surface area contributed by atoms with Crippen LogP contribution in [0.5, 0.6) is 5.75 Å². The third-order valence-electron chi connectivity index (χ3n) is 3.89. The van der Waals surface area contributed by atoms with Gasteiger partial charge in [0.25, 0.3) is 0 Å². The van der Waals surface area contributed by atoms with Crippen molar-refractivity contribution >= 4 is 34.7 Å². The van der Waals surface area contributed by atoms with Gasteiger partial charge in [-0.25, -0.2) is 0 Å². The van der Waals surface area contributed by atoms with Crippen molar-refractivity contribution in [1.29, 1.82) is 0 Å². The van der Waals surface area contributed by atoms with Crippen LogP contribution in [0.2, 0.25) is 4.34 Å². The van der Waals surface area contributed by atoms with Gasteiger partial charge in [-0.3, -0.25) is 9.69 Å². The van der Waals surface area contributed by atoms with E-state index in [0.29, 0.717) is 10.9 Å². The summed E-state index contributed by atoms with van der Waals surface area (Å²) in [7, 11) is 1.61. The molecule has 0 aliphatic carbocycles. The number of hydrogen-bond acceptors (Lipinski definition) is 6. The second-order valence-corrected chi connectivity index (χ2v) is 6.70. The summed E-state index contributed by atoms with van der Waals surface area (Å²) in [5.74, 6) is 0.753. The van der Waals surface area contributed by atoms with Gasteiger partial charge in [-0.15, -0.1) is 5.10 Å². The molecule has 6 nitrogen and oxygen atoms in total. The van der Waals surface area contributed by atoms with Crippen LogP contribution in [0.25, 0.3) is 0 Å². The van der Waals surface area contributed by atoms with E-state index in [1.165, 1.54) is 11.5 Å². The Morgan fingerprint density at radius 3 is 2.91 bits per heavy atom. The average Bonchev–Trinajstić information content (AvgIpc) is 3.18. The number of aromatic nitrogens is 2. The summed E-state index contributed by atoms with van der Waals surface area (Å²) in [4.78, 5) is 14.6. The Hall–Kier alpha value is -1.70. The van der Waals surface area contributed by atoms with Crippen LogP contribution in [-0.4, -0.2) is 40.1 Å². The zero-order valence-corrected chi connectivity index (χ0v) is 14.2. The predicted molar refractivity (Wildman–Crippen MR) is 90.0 cm³/mol. The van der Waals surface area contributed by atoms with E-state index in [1.54, 1.807) is 7.11 Å². The molecule has 0 radical (unpaired) electrons. The molecule has 1 unspecified atom stereocenters. The fourth-order valence-electron chi connectivity index (χ4n) is 2.70. The summed E-state index contributed by atoms with van der Waals surface area (Å²) in [6, 6.07) is 7.13. The molecule has 1 atom stereocenters. The van der Waals surface area contributed by atoms with Gasteiger partial charge < -0.3 is 10.1 Å². The minimum absolute atomic E-state index is 0.00743. The van der Waals surface area contributed by atoms with Gasteiger partial charge in [-0.1, -0.05) is 16.1 Å². The summed E-state index contributed by atoms with van der Waals surface area (Å²) in [5.41, 5.74) is 1.50. The highest BCUT2D eigenvalue weighted by molar-refractivity contribution is 7.10. The van der Waals surface area contributed by atoms with E-state index in [2.05, 4.69) is 19.8 Å². The highest BCUT2D eigenvalue weighted by Gasteiger charge is 2.31. The zero-order chi connectivity index (χ0) is 16.2. The number of halogens is 1. The first kappa shape index (κ1) is 16.2. The van der Waals surface area contributed by atoms with Crippen molar-refractivity contribution in [3.8, 4) is 5.75 Å². The van der Waals surface area contributed by atoms with Crippen molar-refractivity contribution in [2.24, 2.45) is 0 Å². The van der Waals surface area contributed by atoms with E-state index in [4.69, 9.17) is 16.3 Å². The van der Waals surface area contributed by atoms with Crippen molar-refractivity contribution < 1.29 is 9.53 Å². The molecule has 0 saturated carbocycles. The summed E-state index contributed by atoms with van der Waals surface area (Å²) < 4.78 is 9.54. The Morgan fingerprint density at radius 1 is 1.48 bits per heavy atom. The van der Waals surface area contributed by atoms with E-state index in [0.717, 1.165) is 36.5 Å². The number of anilines is 1. The molecule has 1 saturated heterocycles. The molecular formula is C15H17ClN4O2S. The van der Waals surface area contributed by atoms with Crippen LogP contribution in [0.15, 0.2) is 24.3 Å². The van der Waals surface area contributed by atoms with Crippen LogP contribution in [0.4, 0.5) is 5.69 Å². The van der Waals surface area contributed by atoms with E-state index in [9.17, 15) is 4.79 Å². The molecule has 1 amide bonds. The number of amides is 1. The van der Waals surface area contributed by atoms with Gasteiger partial charge in [-0.05, 0) is 43.7 Å². The summed E-state index contributed by atoms with van der Waals surface area (Å²) >= 11 is 7.23. The van der Waals surface area contributed by atoms with Crippen molar-refractivity contribution in [2.75, 3.05) is 19.0 Å². The van der Waals surface area contributed by atoms with Crippen molar-refractivity contribution in [1.82, 2.24) is 14.5 Å². The van der Waals surface area contributed by atoms with Gasteiger partial charge in [0.1, 0.15) is 15.8 Å². The van der Waals surface area contributed by atoms with Crippen LogP contribution in [0.1, 0.15) is 18.5 Å². The van der Waals surface area contributed by atoms with Gasteiger partial charge in [-0.2, -0.15) is 0 Å². The maximum Gasteiger partial charge on any atom is 0.241 e. The van der Waals surface area contributed by atoms with E-state index in [1.807, 2.05) is 24.3 Å². The van der Waals surface area contributed by atoms with Gasteiger partial charge in [0, 0.05) is 23.8 Å². The Kier molecular flexibility index (Phi) is 5.09. The minimum Gasteiger partial charge on any atom is -0.497 e. The Labute approximate surface area is 143 Å². The lowest BCUT2D eigenvalue weighted by Gasteiger charge is -2.22. The molecule has 1 fully saturated rings. The number of likely N-dealkylation sites (tertiary alicyclic amines) is 1. The van der Waals surface area contributed by atoms with Crippen LogP contribution in [-0.2, 0) is 11.3 Å². The Morgan fingerprint density at radius 2 is 2.26 bits per heavy atom. The first-order valence-electron chi connectivity index (χ1n) is 7.33. The largest absolute Gasteiger partial charge is 0.497 e. The van der Waals surface area contributed by atoms with Crippen molar-refractivity contribution in [3.05, 3.63) is 34.3 Å². The van der Waals surface area contributed by atoms with E-state index in [-0.39, 0.29) is 11.9 Å². The van der Waals surface area contributed by atoms with Crippen LogP contribution >= 0.6 is 23.1 Å². The summed E-state index contributed by atoms with van der Waals surface area (Å²) in [6.45, 7) is 1.41. The number of carbonyl (C=O) groups excluding carboxylic acids is 1. The predicted octanol–water partition coefficient (Wildman–Crippen LogP) is 2.80. The molecule has 1 aromatic heterocycles. The van der Waals surface area contributed by atoms with Gasteiger partial charge in [0.15, 0.2) is 0 Å². The van der Waals surface area contributed by atoms with Crippen LogP contribution in [0, 0.1) is 0 Å². The molecule has 0 bridgehead atoms. The maximum atomic E-state index is 12.5. The molecule has 122 valence electrons. The number of methoxy groups -OCH3 is 1. The average molecular weight is 353 g/mol. The van der Waals surface area contributed by atoms with Crippen molar-refractivity contribution in [2.45, 2.75) is 25.4 Å². The number of carbonyl (C=O) groups is 1. The first-order chi connectivity index (χ1) is 11.2. The molecule has 8 heteroatoms. The molecule has 1 aromatic carbocycles. The monoisotopic (exact) mass is 352 g/mol. The second kappa shape index (κ2) is 7.25. The lowest BCUT2D eigenvalue weighted by Crippen LogP contribution is -2.39. The third-order valence-corrected chi connectivity index (χ3v) is 4.87. The number of nitrogens with one attached hydrogen (secondary N) is 1. The molecule has 23 heavy (non-hydrogen) atoms. The van der Waals surface area contributed by atoms with Crippen molar-refractivity contribution in [3.63, 3.8) is 0 Å². The molecule has 1 aliphatic heterocycles. The second-order valence-electron chi connectivity index (χ2n) is 5.34. The van der Waals surface area contributed by atoms with Gasteiger partial charge in [0.05, 0.1) is 13.2 Å². The topological polar surface area (TPSA) is 67.3 Å². The molecule has 1 N–H and O–H groups in total. The number of nitrogens with zero attached hydrogens (tertiary/aromatic N) is 3. The molecular weight excluding hydrogens is 336 g/mol. The maximum absolute atomic E-state index is 12.5. The Bertz CT molecular complexity index is 676. The lowest BCUT2D eigenvalue weighted by atomic mass is 10.2. The molecule has 2 heterocycles. The SMILES string of the molecule is COc1ccc(NC(=O)C2CCCN2Cc2nnsc2Cl)cc1. The quantitative estimate of drug-likeness (QED) is 0.896. The standard InChI is InChI=1S/C15H17ClN4O2S/c1-22-11-6-4-10(5-7-11)17-15(21)13-3-2-8-20(13)9-12-14(16)23-19-18-12/h4-7,13H,2-3,8-9H2,1H3,(H,17,21). The van der Waals surface area contributed by atoms with Crippen LogP contribution in [0.3, 0.4) is 0 Å². The number of hydrogen-bond donors (Lipinski definition) is 1. The molecule has 3 rings (SSSR count). The fourth-order valence-corrected chi connectivity index (χ4v) is 3.31. The number of benzene rings is 1. The van der Waals surface area contributed by atoms with E-state index < -0.39 is 0 Å².